The van der Waals surface area contributed by atoms with Gasteiger partial charge in [0.2, 0.25) is 0 Å². The second kappa shape index (κ2) is 13.2. The number of thiophene rings is 1. The Morgan fingerprint density at radius 1 is 0.295 bits per heavy atom. The standard InChI is InChI=1S/C59H37NS/c1-2-14-38(15-3-1)39-26-30-41(31-27-39)60(42-32-28-40(29-33-42)51-37-57-58(49-20-5-4-16-44(49)51)50-21-9-13-25-56(50)61-57)43-34-35-48-47-19-8-12-24-54(47)59(55(48)36-43)52-22-10-6-17-45(52)46-18-7-11-23-53(46)59/h1-37H. The average molecular weight is 792 g/mol. The Kier molecular flexibility index (Phi) is 7.46. The smallest absolute Gasteiger partial charge is 0.0726 e. The van der Waals surface area contributed by atoms with Crippen LogP contribution in [0.3, 0.4) is 0 Å². The number of benzene rings is 10. The maximum absolute atomic E-state index is 2.48. The number of anilines is 3. The van der Waals surface area contributed by atoms with Crippen molar-refractivity contribution in [2.45, 2.75) is 5.41 Å². The van der Waals surface area contributed by atoms with E-state index in [4.69, 9.17) is 0 Å². The van der Waals surface area contributed by atoms with Crippen molar-refractivity contribution in [1.29, 1.82) is 0 Å². The molecule has 1 aromatic heterocycles. The van der Waals surface area contributed by atoms with Crippen LogP contribution in [0.4, 0.5) is 17.1 Å². The summed E-state index contributed by atoms with van der Waals surface area (Å²) in [5.74, 6) is 0. The van der Waals surface area contributed by atoms with Crippen LogP contribution in [-0.4, -0.2) is 0 Å². The van der Waals surface area contributed by atoms with Crippen LogP contribution >= 0.6 is 11.3 Å². The van der Waals surface area contributed by atoms with Gasteiger partial charge in [-0.15, -0.1) is 11.3 Å². The molecule has 11 aromatic rings. The van der Waals surface area contributed by atoms with Crippen LogP contribution in [-0.2, 0) is 5.41 Å². The summed E-state index contributed by atoms with van der Waals surface area (Å²) < 4.78 is 2.65. The van der Waals surface area contributed by atoms with Gasteiger partial charge in [-0.3, -0.25) is 0 Å². The van der Waals surface area contributed by atoms with E-state index < -0.39 is 5.41 Å². The van der Waals surface area contributed by atoms with Crippen LogP contribution in [0.15, 0.2) is 224 Å². The molecule has 0 fully saturated rings. The van der Waals surface area contributed by atoms with E-state index >= 15 is 0 Å². The molecule has 13 rings (SSSR count). The van der Waals surface area contributed by atoms with E-state index in [1.54, 1.807) is 0 Å². The van der Waals surface area contributed by atoms with Crippen molar-refractivity contribution in [3.05, 3.63) is 247 Å². The van der Waals surface area contributed by atoms with Crippen LogP contribution in [0.1, 0.15) is 22.3 Å². The summed E-state index contributed by atoms with van der Waals surface area (Å²) in [6.45, 7) is 0. The molecule has 2 aliphatic rings. The van der Waals surface area contributed by atoms with Crippen molar-refractivity contribution >= 4 is 59.3 Å². The molecule has 10 aromatic carbocycles. The van der Waals surface area contributed by atoms with E-state index in [0.29, 0.717) is 0 Å². The summed E-state index contributed by atoms with van der Waals surface area (Å²) in [7, 11) is 0. The lowest BCUT2D eigenvalue weighted by Gasteiger charge is -2.32. The molecule has 0 atom stereocenters. The fourth-order valence-electron chi connectivity index (χ4n) is 10.7. The first-order chi connectivity index (χ1) is 30.3. The van der Waals surface area contributed by atoms with Gasteiger partial charge in [-0.25, -0.2) is 0 Å². The van der Waals surface area contributed by atoms with Crippen molar-refractivity contribution in [2.75, 3.05) is 4.90 Å². The minimum absolute atomic E-state index is 0.423. The third-order valence-corrected chi connectivity index (χ3v) is 14.4. The van der Waals surface area contributed by atoms with Crippen molar-refractivity contribution in [3.8, 4) is 44.5 Å². The monoisotopic (exact) mass is 791 g/mol. The zero-order valence-corrected chi connectivity index (χ0v) is 34.0. The molecule has 1 heterocycles. The predicted octanol–water partition coefficient (Wildman–Crippen LogP) is 16.4. The van der Waals surface area contributed by atoms with E-state index in [0.717, 1.165) is 17.1 Å². The number of hydrogen-bond acceptors (Lipinski definition) is 2. The van der Waals surface area contributed by atoms with Gasteiger partial charge in [-0.1, -0.05) is 176 Å². The number of hydrogen-bond donors (Lipinski definition) is 0. The Hall–Kier alpha value is -7.52. The summed E-state index contributed by atoms with van der Waals surface area (Å²) in [5, 5.41) is 5.27. The molecule has 1 spiro atoms. The number of rotatable bonds is 5. The van der Waals surface area contributed by atoms with Gasteiger partial charge in [-0.2, -0.15) is 0 Å². The summed E-state index contributed by atoms with van der Waals surface area (Å²) in [6.07, 6.45) is 0. The Bertz CT molecular complexity index is 3460. The SMILES string of the molecule is c1ccc(-c2ccc(N(c3ccc(-c4cc5sc6ccccc6c5c5ccccc45)cc3)c3ccc4c(c3)C3(c5ccccc5-c5ccccc53)c3ccccc3-4)cc2)cc1. The highest BCUT2D eigenvalue weighted by Crippen LogP contribution is 2.63. The first-order valence-electron chi connectivity index (χ1n) is 21.1. The molecule has 1 nitrogen and oxygen atoms in total. The van der Waals surface area contributed by atoms with Crippen LogP contribution < -0.4 is 4.90 Å². The van der Waals surface area contributed by atoms with E-state index in [2.05, 4.69) is 229 Å². The summed E-state index contributed by atoms with van der Waals surface area (Å²) in [6, 6.07) is 83.4. The lowest BCUT2D eigenvalue weighted by atomic mass is 9.70. The Labute approximate surface area is 359 Å². The maximum Gasteiger partial charge on any atom is 0.0726 e. The Balaban J connectivity index is 1.00. The fraction of sp³-hybridized carbons (Fsp3) is 0.0169. The molecule has 0 aliphatic heterocycles. The second-order valence-corrected chi connectivity index (χ2v) is 17.4. The average Bonchev–Trinajstić information content (AvgIpc) is 3.96. The molecule has 0 unspecified atom stereocenters. The fourth-order valence-corrected chi connectivity index (χ4v) is 11.9. The molecule has 0 amide bonds. The maximum atomic E-state index is 2.48. The molecule has 0 N–H and O–H groups in total. The lowest BCUT2D eigenvalue weighted by Crippen LogP contribution is -2.26. The molecule has 2 heteroatoms. The summed E-state index contributed by atoms with van der Waals surface area (Å²) in [5.41, 5.74) is 18.4. The van der Waals surface area contributed by atoms with Crippen molar-refractivity contribution in [3.63, 3.8) is 0 Å². The number of nitrogens with zero attached hydrogens (tertiary/aromatic N) is 1. The van der Waals surface area contributed by atoms with Crippen LogP contribution in [0.2, 0.25) is 0 Å². The van der Waals surface area contributed by atoms with Crippen LogP contribution in [0.25, 0.3) is 75.5 Å². The minimum atomic E-state index is -0.423. The molecular formula is C59H37NS. The van der Waals surface area contributed by atoms with Gasteiger partial charge in [-0.05, 0) is 126 Å². The molecular weight excluding hydrogens is 755 g/mol. The van der Waals surface area contributed by atoms with Gasteiger partial charge in [0.1, 0.15) is 0 Å². The summed E-state index contributed by atoms with van der Waals surface area (Å²) >= 11 is 1.88. The van der Waals surface area contributed by atoms with Crippen LogP contribution in [0, 0.1) is 0 Å². The Morgan fingerprint density at radius 3 is 1.41 bits per heavy atom. The van der Waals surface area contributed by atoms with Gasteiger partial charge in [0.05, 0.1) is 5.41 Å². The topological polar surface area (TPSA) is 3.24 Å². The zero-order chi connectivity index (χ0) is 40.1. The third kappa shape index (κ3) is 4.94. The van der Waals surface area contributed by atoms with E-state index in [9.17, 15) is 0 Å². The van der Waals surface area contributed by atoms with E-state index in [-0.39, 0.29) is 0 Å². The van der Waals surface area contributed by atoms with Gasteiger partial charge < -0.3 is 4.90 Å². The van der Waals surface area contributed by atoms with Gasteiger partial charge >= 0.3 is 0 Å². The molecule has 0 saturated carbocycles. The molecule has 2 aliphatic carbocycles. The highest BCUT2D eigenvalue weighted by atomic mass is 32.1. The third-order valence-electron chi connectivity index (χ3n) is 13.3. The quantitative estimate of drug-likeness (QED) is 0.168. The van der Waals surface area contributed by atoms with Gasteiger partial charge in [0, 0.05) is 37.2 Å². The molecule has 0 saturated heterocycles. The first-order valence-corrected chi connectivity index (χ1v) is 21.9. The van der Waals surface area contributed by atoms with Crippen molar-refractivity contribution < 1.29 is 0 Å². The van der Waals surface area contributed by atoms with Gasteiger partial charge in [0.25, 0.3) is 0 Å². The van der Waals surface area contributed by atoms with Crippen molar-refractivity contribution in [2.24, 2.45) is 0 Å². The zero-order valence-electron chi connectivity index (χ0n) is 33.2. The molecule has 284 valence electrons. The normalized spacial score (nSPS) is 13.0. The van der Waals surface area contributed by atoms with Crippen LogP contribution in [0.5, 0.6) is 0 Å². The van der Waals surface area contributed by atoms with E-state index in [1.807, 2.05) is 11.3 Å². The highest BCUT2D eigenvalue weighted by molar-refractivity contribution is 7.26. The number of fused-ring (bicyclic) bond motifs is 15. The predicted molar refractivity (Wildman–Crippen MR) is 259 cm³/mol. The highest BCUT2D eigenvalue weighted by Gasteiger charge is 2.51. The lowest BCUT2D eigenvalue weighted by molar-refractivity contribution is 0.793. The molecule has 0 bridgehead atoms. The Morgan fingerprint density at radius 2 is 0.770 bits per heavy atom. The first kappa shape index (κ1) is 34.4. The second-order valence-electron chi connectivity index (χ2n) is 16.4. The largest absolute Gasteiger partial charge is 0.310 e. The minimum Gasteiger partial charge on any atom is -0.310 e. The van der Waals surface area contributed by atoms with E-state index in [1.165, 1.54) is 97.7 Å². The molecule has 61 heavy (non-hydrogen) atoms. The van der Waals surface area contributed by atoms with Gasteiger partial charge in [0.15, 0.2) is 0 Å². The molecule has 0 radical (unpaired) electrons. The van der Waals surface area contributed by atoms with Crippen molar-refractivity contribution in [1.82, 2.24) is 0 Å². The summed E-state index contributed by atoms with van der Waals surface area (Å²) in [4.78, 5) is 2.44.